The second-order valence-electron chi connectivity index (χ2n) is 3.97. The van der Waals surface area contributed by atoms with Crippen molar-refractivity contribution in [3.63, 3.8) is 0 Å². The topological polar surface area (TPSA) is 76.7 Å². The minimum Gasteiger partial charge on any atom is -0.384 e. The van der Waals surface area contributed by atoms with E-state index in [1.54, 1.807) is 11.6 Å². The Balaban J connectivity index is 2.27. The fourth-order valence-electron chi connectivity index (χ4n) is 1.59. The largest absolute Gasteiger partial charge is 0.451 e. The van der Waals surface area contributed by atoms with E-state index in [0.717, 1.165) is 5.01 Å². The molecule has 0 amide bonds. The van der Waals surface area contributed by atoms with Crippen molar-refractivity contribution in [2.75, 3.05) is 11.1 Å². The second kappa shape index (κ2) is 5.61. The molecule has 0 aliphatic rings. The first-order valence-corrected chi connectivity index (χ1v) is 6.65. The van der Waals surface area contributed by atoms with Crippen LogP contribution < -0.4 is 11.1 Å². The molecule has 9 heteroatoms. The van der Waals surface area contributed by atoms with E-state index in [0.29, 0.717) is 6.42 Å². The molecule has 0 saturated carbocycles. The van der Waals surface area contributed by atoms with Crippen LogP contribution in [0.3, 0.4) is 0 Å². The molecular formula is C11H12F3N5S. The standard InChI is InChI=1S/C11H12F3N5S/c1-2-6(9-16-3-4-20-9)17-8-5-7(15)18-10(19-8)11(12,13)14/h3-6H,2H2,1H3,(H3,15,17,18,19). The van der Waals surface area contributed by atoms with Crippen molar-refractivity contribution >= 4 is 23.0 Å². The van der Waals surface area contributed by atoms with Crippen LogP contribution in [0.25, 0.3) is 0 Å². The van der Waals surface area contributed by atoms with E-state index in [2.05, 4.69) is 20.3 Å². The summed E-state index contributed by atoms with van der Waals surface area (Å²) in [6.45, 7) is 1.90. The monoisotopic (exact) mass is 303 g/mol. The number of nitrogens with two attached hydrogens (primary N) is 1. The first kappa shape index (κ1) is 14.5. The minimum absolute atomic E-state index is 0.0341. The zero-order valence-corrected chi connectivity index (χ0v) is 11.3. The van der Waals surface area contributed by atoms with Gasteiger partial charge in [0.2, 0.25) is 5.82 Å². The first-order valence-electron chi connectivity index (χ1n) is 5.78. The number of halogens is 3. The number of hydrogen-bond donors (Lipinski definition) is 2. The molecule has 0 aliphatic carbocycles. The van der Waals surface area contributed by atoms with Crippen LogP contribution in [0, 0.1) is 0 Å². The third-order valence-corrected chi connectivity index (χ3v) is 3.37. The van der Waals surface area contributed by atoms with Crippen LogP contribution in [0.5, 0.6) is 0 Å². The second-order valence-corrected chi connectivity index (χ2v) is 4.90. The third-order valence-electron chi connectivity index (χ3n) is 2.48. The normalized spacial score (nSPS) is 13.2. The number of rotatable bonds is 4. The zero-order valence-electron chi connectivity index (χ0n) is 10.5. The number of aromatic nitrogens is 3. The summed E-state index contributed by atoms with van der Waals surface area (Å²) in [5.74, 6) is -1.45. The van der Waals surface area contributed by atoms with E-state index in [-0.39, 0.29) is 17.7 Å². The van der Waals surface area contributed by atoms with E-state index in [1.807, 2.05) is 6.92 Å². The van der Waals surface area contributed by atoms with E-state index in [9.17, 15) is 13.2 Å². The van der Waals surface area contributed by atoms with Crippen LogP contribution in [-0.2, 0) is 6.18 Å². The van der Waals surface area contributed by atoms with Gasteiger partial charge in [-0.1, -0.05) is 6.92 Å². The highest BCUT2D eigenvalue weighted by molar-refractivity contribution is 7.09. The zero-order chi connectivity index (χ0) is 14.8. The van der Waals surface area contributed by atoms with Crippen molar-refractivity contribution in [2.24, 2.45) is 0 Å². The Morgan fingerprint density at radius 3 is 2.70 bits per heavy atom. The molecule has 20 heavy (non-hydrogen) atoms. The molecule has 2 heterocycles. The molecule has 0 spiro atoms. The van der Waals surface area contributed by atoms with Crippen molar-refractivity contribution in [1.82, 2.24) is 15.0 Å². The number of alkyl halides is 3. The van der Waals surface area contributed by atoms with Crippen LogP contribution in [0.2, 0.25) is 0 Å². The average Bonchev–Trinajstić information content (AvgIpc) is 2.88. The van der Waals surface area contributed by atoms with E-state index < -0.39 is 12.0 Å². The predicted molar refractivity (Wildman–Crippen MR) is 70.2 cm³/mol. The smallest absolute Gasteiger partial charge is 0.384 e. The molecule has 0 saturated heterocycles. The third kappa shape index (κ3) is 3.35. The predicted octanol–water partition coefficient (Wildman–Crippen LogP) is 3.10. The maximum absolute atomic E-state index is 12.6. The van der Waals surface area contributed by atoms with Gasteiger partial charge in [-0.3, -0.25) is 0 Å². The minimum atomic E-state index is -4.63. The van der Waals surface area contributed by atoms with Gasteiger partial charge >= 0.3 is 6.18 Å². The van der Waals surface area contributed by atoms with Crippen LogP contribution in [0.15, 0.2) is 17.6 Å². The van der Waals surface area contributed by atoms with Crippen LogP contribution in [-0.4, -0.2) is 15.0 Å². The quantitative estimate of drug-likeness (QED) is 0.907. The highest BCUT2D eigenvalue weighted by atomic mass is 32.1. The van der Waals surface area contributed by atoms with Crippen LogP contribution >= 0.6 is 11.3 Å². The van der Waals surface area contributed by atoms with Crippen molar-refractivity contribution < 1.29 is 13.2 Å². The lowest BCUT2D eigenvalue weighted by atomic mass is 10.2. The SMILES string of the molecule is CCC(Nc1cc(N)nc(C(F)(F)F)n1)c1nccs1. The highest BCUT2D eigenvalue weighted by Gasteiger charge is 2.35. The Bertz CT molecular complexity index is 570. The molecule has 108 valence electrons. The fraction of sp³-hybridized carbons (Fsp3) is 0.364. The fourth-order valence-corrected chi connectivity index (χ4v) is 2.36. The molecule has 0 radical (unpaired) electrons. The van der Waals surface area contributed by atoms with Gasteiger partial charge in [0.05, 0.1) is 6.04 Å². The number of anilines is 2. The lowest BCUT2D eigenvalue weighted by Crippen LogP contribution is -2.16. The van der Waals surface area contributed by atoms with Crippen LogP contribution in [0.1, 0.15) is 30.2 Å². The summed E-state index contributed by atoms with van der Waals surface area (Å²) in [5, 5.41) is 5.48. The van der Waals surface area contributed by atoms with Gasteiger partial charge in [0.25, 0.3) is 0 Å². The van der Waals surface area contributed by atoms with Gasteiger partial charge in [0.1, 0.15) is 16.6 Å². The first-order chi connectivity index (χ1) is 9.40. The molecule has 2 rings (SSSR count). The lowest BCUT2D eigenvalue weighted by Gasteiger charge is -2.16. The van der Waals surface area contributed by atoms with Crippen LogP contribution in [0.4, 0.5) is 24.8 Å². The van der Waals surface area contributed by atoms with Gasteiger partial charge in [-0.2, -0.15) is 13.2 Å². The van der Waals surface area contributed by atoms with Gasteiger partial charge in [0.15, 0.2) is 0 Å². The Morgan fingerprint density at radius 1 is 1.40 bits per heavy atom. The number of hydrogen-bond acceptors (Lipinski definition) is 6. The summed E-state index contributed by atoms with van der Waals surface area (Å²) in [6.07, 6.45) is -2.34. The van der Waals surface area contributed by atoms with Gasteiger partial charge in [0, 0.05) is 17.6 Å². The number of thiazole rings is 1. The number of nitrogens with one attached hydrogen (secondary N) is 1. The molecule has 1 unspecified atom stereocenters. The molecule has 0 aliphatic heterocycles. The summed E-state index contributed by atoms with van der Waals surface area (Å²) >= 11 is 1.42. The summed E-state index contributed by atoms with van der Waals surface area (Å²) in [4.78, 5) is 10.8. The molecule has 2 aromatic heterocycles. The van der Waals surface area contributed by atoms with Gasteiger partial charge < -0.3 is 11.1 Å². The molecule has 0 aromatic carbocycles. The molecule has 5 nitrogen and oxygen atoms in total. The maximum Gasteiger partial charge on any atom is 0.451 e. The maximum atomic E-state index is 12.6. The van der Waals surface area contributed by atoms with Gasteiger partial charge in [-0.05, 0) is 6.42 Å². The van der Waals surface area contributed by atoms with E-state index in [1.165, 1.54) is 17.4 Å². The molecule has 1 atom stereocenters. The number of nitrogens with zero attached hydrogens (tertiary/aromatic N) is 3. The van der Waals surface area contributed by atoms with Crippen molar-refractivity contribution in [2.45, 2.75) is 25.6 Å². The summed E-state index contributed by atoms with van der Waals surface area (Å²) in [5.41, 5.74) is 5.39. The van der Waals surface area contributed by atoms with E-state index in [4.69, 9.17) is 5.73 Å². The summed E-state index contributed by atoms with van der Waals surface area (Å²) in [6, 6.07) is 1.05. The van der Waals surface area contributed by atoms with E-state index >= 15 is 0 Å². The van der Waals surface area contributed by atoms with Crippen molar-refractivity contribution in [3.8, 4) is 0 Å². The Kier molecular flexibility index (Phi) is 4.07. The molecule has 2 aromatic rings. The Hall–Kier alpha value is -1.90. The highest BCUT2D eigenvalue weighted by Crippen LogP contribution is 2.29. The summed E-state index contributed by atoms with van der Waals surface area (Å²) in [7, 11) is 0. The molecular weight excluding hydrogens is 291 g/mol. The van der Waals surface area contributed by atoms with Gasteiger partial charge in [-0.25, -0.2) is 15.0 Å². The summed E-state index contributed by atoms with van der Waals surface area (Å²) < 4.78 is 37.9. The lowest BCUT2D eigenvalue weighted by molar-refractivity contribution is -0.144. The average molecular weight is 303 g/mol. The number of nitrogen functional groups attached to an aromatic ring is 1. The van der Waals surface area contributed by atoms with Gasteiger partial charge in [-0.15, -0.1) is 11.3 Å². The van der Waals surface area contributed by atoms with Crippen molar-refractivity contribution in [3.05, 3.63) is 28.5 Å². The Labute approximate surface area is 117 Å². The molecule has 3 N–H and O–H groups in total. The molecule has 0 bridgehead atoms. The molecule has 0 fully saturated rings. The van der Waals surface area contributed by atoms with Crippen molar-refractivity contribution in [1.29, 1.82) is 0 Å². The Morgan fingerprint density at radius 2 is 2.15 bits per heavy atom.